The van der Waals surface area contributed by atoms with Gasteiger partial charge in [-0.25, -0.2) is 0 Å². The van der Waals surface area contributed by atoms with Gasteiger partial charge in [-0.2, -0.15) is 0 Å². The van der Waals surface area contributed by atoms with Crippen molar-refractivity contribution in [1.82, 2.24) is 0 Å². The quantitative estimate of drug-likeness (QED) is 0.471. The van der Waals surface area contributed by atoms with Crippen LogP contribution in [-0.4, -0.2) is 8.11 Å². The van der Waals surface area contributed by atoms with Gasteiger partial charge in [0.25, 0.3) is 0 Å². The second-order valence-electron chi connectivity index (χ2n) is 4.73. The summed E-state index contributed by atoms with van der Waals surface area (Å²) in [6.07, 6.45) is 0. The lowest BCUT2D eigenvalue weighted by atomic mass is 10.3. The molecule has 0 radical (unpaired) electrons. The lowest BCUT2D eigenvalue weighted by molar-refractivity contribution is 0.292. The van der Waals surface area contributed by atoms with Crippen molar-refractivity contribution in [2.45, 2.75) is 0 Å². The molecule has 3 aromatic rings. The van der Waals surface area contributed by atoms with E-state index in [4.69, 9.17) is 24.4 Å². The molecule has 5 heteroatoms. The Balaban J connectivity index is 1.85. The molecule has 3 nitrogen and oxygen atoms in total. The van der Waals surface area contributed by atoms with E-state index in [1.807, 2.05) is 91.0 Å². The monoisotopic (exact) mass is 342 g/mol. The Morgan fingerprint density at radius 3 is 1.00 bits per heavy atom. The maximum atomic E-state index is 6.62. The molecule has 0 heterocycles. The molecule has 0 aliphatic heterocycles. The molecule has 0 saturated heterocycles. The van der Waals surface area contributed by atoms with Crippen LogP contribution in [0.3, 0.4) is 0 Å². The third-order valence-corrected chi connectivity index (χ3v) is 5.08. The lowest BCUT2D eigenvalue weighted by Crippen LogP contribution is -2.49. The molecule has 0 N–H and O–H groups in total. The number of hydrogen-bond acceptors (Lipinski definition) is 3. The SMILES string of the molecule is Cl[Si](Oc1ccccc1)(Oc1ccccc1)Oc1ccccc1. The zero-order chi connectivity index (χ0) is 16.0. The fourth-order valence-corrected chi connectivity index (χ4v) is 4.13. The average molecular weight is 343 g/mol. The third kappa shape index (κ3) is 4.52. The van der Waals surface area contributed by atoms with Gasteiger partial charge in [0.15, 0.2) is 0 Å². The highest BCUT2D eigenvalue weighted by Gasteiger charge is 2.48. The van der Waals surface area contributed by atoms with Crippen LogP contribution in [0.25, 0.3) is 0 Å². The highest BCUT2D eigenvalue weighted by Crippen LogP contribution is 2.26. The van der Waals surface area contributed by atoms with Crippen molar-refractivity contribution in [2.24, 2.45) is 0 Å². The van der Waals surface area contributed by atoms with Crippen LogP contribution in [-0.2, 0) is 0 Å². The Morgan fingerprint density at radius 2 is 0.739 bits per heavy atom. The average Bonchev–Trinajstić information content (AvgIpc) is 2.57. The van der Waals surface area contributed by atoms with Crippen LogP contribution < -0.4 is 13.3 Å². The van der Waals surface area contributed by atoms with Gasteiger partial charge in [-0.1, -0.05) is 54.6 Å². The minimum Gasteiger partial charge on any atom is -0.472 e. The Bertz CT molecular complexity index is 622. The highest BCUT2D eigenvalue weighted by atomic mass is 35.6. The van der Waals surface area contributed by atoms with Crippen molar-refractivity contribution in [1.29, 1.82) is 0 Å². The highest BCUT2D eigenvalue weighted by molar-refractivity contribution is 7.10. The first-order valence-corrected chi connectivity index (χ1v) is 9.88. The molecule has 0 fully saturated rings. The van der Waals surface area contributed by atoms with Gasteiger partial charge in [-0.15, -0.1) is 0 Å². The van der Waals surface area contributed by atoms with Gasteiger partial charge >= 0.3 is 8.11 Å². The van der Waals surface area contributed by atoms with Crippen LogP contribution >= 0.6 is 11.1 Å². The van der Waals surface area contributed by atoms with E-state index >= 15 is 0 Å². The van der Waals surface area contributed by atoms with Crippen molar-refractivity contribution in [2.75, 3.05) is 0 Å². The van der Waals surface area contributed by atoms with Gasteiger partial charge in [-0.3, -0.25) is 0 Å². The molecule has 116 valence electrons. The zero-order valence-electron chi connectivity index (χ0n) is 12.3. The molecular formula is C18H15ClO3Si. The van der Waals surface area contributed by atoms with Crippen LogP contribution in [0.15, 0.2) is 91.0 Å². The predicted octanol–water partition coefficient (Wildman–Crippen LogP) is 4.90. The van der Waals surface area contributed by atoms with E-state index in [1.54, 1.807) is 0 Å². The number of rotatable bonds is 6. The lowest BCUT2D eigenvalue weighted by Gasteiger charge is -2.24. The Hall–Kier alpha value is -2.43. The molecule has 0 aromatic heterocycles. The van der Waals surface area contributed by atoms with Gasteiger partial charge in [0.1, 0.15) is 17.2 Å². The summed E-state index contributed by atoms with van der Waals surface area (Å²) in [5, 5.41) is 0. The summed E-state index contributed by atoms with van der Waals surface area (Å²) < 4.78 is 17.6. The second kappa shape index (κ2) is 7.22. The Labute approximate surface area is 141 Å². The van der Waals surface area contributed by atoms with Crippen molar-refractivity contribution >= 4 is 19.2 Å². The molecule has 0 spiro atoms. The van der Waals surface area contributed by atoms with Crippen molar-refractivity contribution < 1.29 is 13.3 Å². The van der Waals surface area contributed by atoms with E-state index in [-0.39, 0.29) is 0 Å². The Morgan fingerprint density at radius 1 is 0.478 bits per heavy atom. The number of halogens is 1. The van der Waals surface area contributed by atoms with E-state index in [1.165, 1.54) is 0 Å². The number of hydrogen-bond donors (Lipinski definition) is 0. The van der Waals surface area contributed by atoms with Gasteiger partial charge in [0.2, 0.25) is 0 Å². The molecule has 3 rings (SSSR count). The molecule has 0 atom stereocenters. The zero-order valence-corrected chi connectivity index (χ0v) is 14.0. The van der Waals surface area contributed by atoms with Crippen molar-refractivity contribution in [3.8, 4) is 17.2 Å². The molecule has 0 amide bonds. The normalized spacial score (nSPS) is 10.8. The maximum Gasteiger partial charge on any atom is 0.817 e. The van der Waals surface area contributed by atoms with Gasteiger partial charge < -0.3 is 13.3 Å². The first kappa shape index (κ1) is 15.5. The van der Waals surface area contributed by atoms with Crippen LogP contribution in [0, 0.1) is 0 Å². The second-order valence-corrected chi connectivity index (χ2v) is 7.69. The fourth-order valence-electron chi connectivity index (χ4n) is 1.95. The summed E-state index contributed by atoms with van der Waals surface area (Å²) in [7, 11) is -3.50. The van der Waals surface area contributed by atoms with Crippen molar-refractivity contribution in [3.63, 3.8) is 0 Å². The minimum atomic E-state index is -3.50. The fraction of sp³-hybridized carbons (Fsp3) is 0. The number of para-hydroxylation sites is 3. The van der Waals surface area contributed by atoms with Crippen LogP contribution in [0.5, 0.6) is 17.2 Å². The molecular weight excluding hydrogens is 328 g/mol. The summed E-state index contributed by atoms with van der Waals surface area (Å²) in [6, 6.07) is 27.8. The summed E-state index contributed by atoms with van der Waals surface area (Å²) in [6.45, 7) is 0. The summed E-state index contributed by atoms with van der Waals surface area (Å²) >= 11 is 6.62. The first-order valence-electron chi connectivity index (χ1n) is 7.15. The topological polar surface area (TPSA) is 27.7 Å². The molecule has 0 aliphatic carbocycles. The molecule has 0 unspecified atom stereocenters. The molecule has 3 aromatic carbocycles. The Kier molecular flexibility index (Phi) is 4.85. The molecule has 0 saturated carbocycles. The molecule has 0 bridgehead atoms. The van der Waals surface area contributed by atoms with Crippen LogP contribution in [0.1, 0.15) is 0 Å². The van der Waals surface area contributed by atoms with E-state index in [2.05, 4.69) is 0 Å². The van der Waals surface area contributed by atoms with Gasteiger partial charge in [-0.05, 0) is 47.5 Å². The minimum absolute atomic E-state index is 0.598. The predicted molar refractivity (Wildman–Crippen MR) is 92.8 cm³/mol. The summed E-state index contributed by atoms with van der Waals surface area (Å²) in [4.78, 5) is 0. The standard InChI is InChI=1S/C18H15ClO3Si/c19-23(20-16-10-4-1-5-11-16,21-17-12-6-2-7-13-17)22-18-14-8-3-9-15-18/h1-15H. The molecule has 23 heavy (non-hydrogen) atoms. The van der Waals surface area contributed by atoms with E-state index in [0.717, 1.165) is 0 Å². The summed E-state index contributed by atoms with van der Waals surface area (Å²) in [5.74, 6) is 1.79. The van der Waals surface area contributed by atoms with Gasteiger partial charge in [0.05, 0.1) is 0 Å². The molecule has 0 aliphatic rings. The smallest absolute Gasteiger partial charge is 0.472 e. The van der Waals surface area contributed by atoms with Crippen LogP contribution in [0.2, 0.25) is 0 Å². The first-order chi connectivity index (χ1) is 11.2. The third-order valence-electron chi connectivity index (χ3n) is 2.95. The van der Waals surface area contributed by atoms with Gasteiger partial charge in [0, 0.05) is 0 Å². The van der Waals surface area contributed by atoms with E-state index in [0.29, 0.717) is 17.2 Å². The summed E-state index contributed by atoms with van der Waals surface area (Å²) in [5.41, 5.74) is 0. The van der Waals surface area contributed by atoms with Crippen molar-refractivity contribution in [3.05, 3.63) is 91.0 Å². The van der Waals surface area contributed by atoms with E-state index in [9.17, 15) is 0 Å². The van der Waals surface area contributed by atoms with Crippen LogP contribution in [0.4, 0.5) is 0 Å². The van der Waals surface area contributed by atoms with E-state index < -0.39 is 8.11 Å². The maximum absolute atomic E-state index is 6.62. The largest absolute Gasteiger partial charge is 0.817 e. The number of benzene rings is 3.